The number of hydroxylamine groups is 1. The van der Waals surface area contributed by atoms with E-state index in [4.69, 9.17) is 5.21 Å². The summed E-state index contributed by atoms with van der Waals surface area (Å²) in [6, 6.07) is 11.9. The molecule has 30 heavy (non-hydrogen) atoms. The van der Waals surface area contributed by atoms with E-state index in [0.29, 0.717) is 31.9 Å². The van der Waals surface area contributed by atoms with Crippen LogP contribution in [0, 0.1) is 5.82 Å². The van der Waals surface area contributed by atoms with Crippen LogP contribution < -0.4 is 10.4 Å². The van der Waals surface area contributed by atoms with Crippen molar-refractivity contribution in [2.45, 2.75) is 13.5 Å². The number of carbonyl (C=O) groups is 3. The SMILES string of the molecule is CC(=O)N1CCN(C(=O)N(Cc2ccc(C(=O)NO)cc2)c2cccc(F)c2)CC1. The maximum Gasteiger partial charge on any atom is 0.324 e. The molecule has 1 aliphatic rings. The van der Waals surface area contributed by atoms with E-state index in [1.165, 1.54) is 42.2 Å². The van der Waals surface area contributed by atoms with E-state index in [1.54, 1.807) is 33.5 Å². The summed E-state index contributed by atoms with van der Waals surface area (Å²) in [5.74, 6) is -1.12. The average molecular weight is 414 g/mol. The second-order valence-electron chi connectivity index (χ2n) is 6.98. The third kappa shape index (κ3) is 4.93. The average Bonchev–Trinajstić information content (AvgIpc) is 2.77. The first-order chi connectivity index (χ1) is 14.4. The van der Waals surface area contributed by atoms with Gasteiger partial charge in [-0.1, -0.05) is 18.2 Å². The molecule has 2 aromatic carbocycles. The summed E-state index contributed by atoms with van der Waals surface area (Å²) >= 11 is 0. The van der Waals surface area contributed by atoms with Crippen LogP contribution in [0.3, 0.4) is 0 Å². The quantitative estimate of drug-likeness (QED) is 0.593. The van der Waals surface area contributed by atoms with E-state index in [0.717, 1.165) is 5.56 Å². The molecule has 0 atom stereocenters. The molecule has 3 rings (SSSR count). The third-order valence-electron chi connectivity index (χ3n) is 5.00. The van der Waals surface area contributed by atoms with Crippen molar-refractivity contribution >= 4 is 23.5 Å². The summed E-state index contributed by atoms with van der Waals surface area (Å²) in [5, 5.41) is 8.73. The van der Waals surface area contributed by atoms with Crippen LogP contribution in [0.1, 0.15) is 22.8 Å². The van der Waals surface area contributed by atoms with Crippen LogP contribution in [-0.2, 0) is 11.3 Å². The van der Waals surface area contributed by atoms with Gasteiger partial charge in [-0.15, -0.1) is 0 Å². The lowest BCUT2D eigenvalue weighted by atomic mass is 10.1. The Hall–Kier alpha value is -3.46. The van der Waals surface area contributed by atoms with Gasteiger partial charge in [0.05, 0.1) is 6.54 Å². The molecular weight excluding hydrogens is 391 g/mol. The van der Waals surface area contributed by atoms with E-state index in [-0.39, 0.29) is 24.0 Å². The zero-order valence-electron chi connectivity index (χ0n) is 16.5. The molecule has 1 heterocycles. The smallest absolute Gasteiger partial charge is 0.324 e. The standard InChI is InChI=1S/C21H23FN4O4/c1-15(27)24-9-11-25(12-10-24)21(29)26(19-4-2-3-18(22)13-19)14-16-5-7-17(8-6-16)20(28)23-30/h2-8,13,30H,9-12,14H2,1H3,(H,23,28). The minimum Gasteiger partial charge on any atom is -0.339 e. The lowest BCUT2D eigenvalue weighted by molar-refractivity contribution is -0.130. The molecule has 4 amide bonds. The molecule has 2 N–H and O–H groups in total. The number of amides is 4. The fourth-order valence-corrected chi connectivity index (χ4v) is 3.31. The zero-order valence-corrected chi connectivity index (χ0v) is 16.5. The third-order valence-corrected chi connectivity index (χ3v) is 5.00. The Morgan fingerprint density at radius 2 is 1.67 bits per heavy atom. The summed E-state index contributed by atoms with van der Waals surface area (Å²) in [6.07, 6.45) is 0. The number of nitrogens with one attached hydrogen (secondary N) is 1. The van der Waals surface area contributed by atoms with Crippen molar-refractivity contribution in [3.8, 4) is 0 Å². The number of anilines is 1. The first kappa shape index (κ1) is 21.3. The molecule has 0 bridgehead atoms. The number of benzene rings is 2. The second-order valence-corrected chi connectivity index (χ2v) is 6.98. The van der Waals surface area contributed by atoms with E-state index in [1.807, 2.05) is 0 Å². The van der Waals surface area contributed by atoms with Crippen LogP contribution >= 0.6 is 0 Å². The van der Waals surface area contributed by atoms with Gasteiger partial charge in [0.1, 0.15) is 5.82 Å². The summed E-state index contributed by atoms with van der Waals surface area (Å²) in [7, 11) is 0. The van der Waals surface area contributed by atoms with Crippen molar-refractivity contribution in [2.24, 2.45) is 0 Å². The summed E-state index contributed by atoms with van der Waals surface area (Å²) in [6.45, 7) is 3.33. The van der Waals surface area contributed by atoms with Crippen molar-refractivity contribution in [1.29, 1.82) is 0 Å². The van der Waals surface area contributed by atoms with Crippen LogP contribution in [0.2, 0.25) is 0 Å². The van der Waals surface area contributed by atoms with Gasteiger partial charge >= 0.3 is 6.03 Å². The minimum absolute atomic E-state index is 0.0314. The van der Waals surface area contributed by atoms with Crippen molar-refractivity contribution in [3.63, 3.8) is 0 Å². The largest absolute Gasteiger partial charge is 0.339 e. The predicted molar refractivity (Wildman–Crippen MR) is 108 cm³/mol. The highest BCUT2D eigenvalue weighted by molar-refractivity contribution is 5.94. The van der Waals surface area contributed by atoms with Crippen LogP contribution in [0.25, 0.3) is 0 Å². The van der Waals surface area contributed by atoms with Gasteiger partial charge in [0, 0.05) is 44.4 Å². The van der Waals surface area contributed by atoms with E-state index in [2.05, 4.69) is 0 Å². The van der Waals surface area contributed by atoms with Gasteiger partial charge in [0.2, 0.25) is 5.91 Å². The van der Waals surface area contributed by atoms with Gasteiger partial charge in [-0.05, 0) is 35.9 Å². The van der Waals surface area contributed by atoms with Crippen molar-refractivity contribution in [3.05, 3.63) is 65.5 Å². The topological polar surface area (TPSA) is 93.2 Å². The maximum absolute atomic E-state index is 13.8. The fraction of sp³-hybridized carbons (Fsp3) is 0.286. The lowest BCUT2D eigenvalue weighted by Crippen LogP contribution is -2.53. The van der Waals surface area contributed by atoms with Gasteiger partial charge in [-0.2, -0.15) is 0 Å². The maximum atomic E-state index is 13.8. The van der Waals surface area contributed by atoms with Crippen molar-refractivity contribution < 1.29 is 24.0 Å². The zero-order chi connectivity index (χ0) is 21.7. The highest BCUT2D eigenvalue weighted by Gasteiger charge is 2.27. The Labute approximate surface area is 173 Å². The Kier molecular flexibility index (Phi) is 6.63. The minimum atomic E-state index is -0.636. The molecule has 8 nitrogen and oxygen atoms in total. The molecule has 0 saturated carbocycles. The van der Waals surface area contributed by atoms with Crippen molar-refractivity contribution in [2.75, 3.05) is 31.1 Å². The Bertz CT molecular complexity index is 927. The van der Waals surface area contributed by atoms with E-state index in [9.17, 15) is 18.8 Å². The number of hydrogen-bond acceptors (Lipinski definition) is 4. The molecule has 1 saturated heterocycles. The predicted octanol–water partition coefficient (Wildman–Crippen LogP) is 2.24. The summed E-state index contributed by atoms with van der Waals surface area (Å²) in [5.41, 5.74) is 2.97. The molecule has 9 heteroatoms. The van der Waals surface area contributed by atoms with Gasteiger partial charge in [-0.25, -0.2) is 14.7 Å². The molecule has 1 fully saturated rings. The highest BCUT2D eigenvalue weighted by atomic mass is 19.1. The highest BCUT2D eigenvalue weighted by Crippen LogP contribution is 2.21. The van der Waals surface area contributed by atoms with Gasteiger partial charge in [0.25, 0.3) is 5.91 Å². The number of piperazine rings is 1. The van der Waals surface area contributed by atoms with Crippen molar-refractivity contribution in [1.82, 2.24) is 15.3 Å². The fourth-order valence-electron chi connectivity index (χ4n) is 3.31. The Morgan fingerprint density at radius 3 is 2.23 bits per heavy atom. The Morgan fingerprint density at radius 1 is 1.03 bits per heavy atom. The number of rotatable bonds is 4. The molecule has 0 aromatic heterocycles. The molecule has 0 aliphatic carbocycles. The molecular formula is C21H23FN4O4. The molecule has 2 aromatic rings. The van der Waals surface area contributed by atoms with E-state index < -0.39 is 11.7 Å². The molecule has 158 valence electrons. The van der Waals surface area contributed by atoms with Crippen LogP contribution in [-0.4, -0.2) is 59.0 Å². The first-order valence-electron chi connectivity index (χ1n) is 9.50. The second kappa shape index (κ2) is 9.36. The monoisotopic (exact) mass is 414 g/mol. The number of urea groups is 1. The van der Waals surface area contributed by atoms with Gasteiger partial charge in [0.15, 0.2) is 0 Å². The van der Waals surface area contributed by atoms with Crippen LogP contribution in [0.4, 0.5) is 14.9 Å². The number of carbonyl (C=O) groups excluding carboxylic acids is 3. The summed E-state index contributed by atoms with van der Waals surface area (Å²) in [4.78, 5) is 41.1. The van der Waals surface area contributed by atoms with Gasteiger partial charge in [-0.3, -0.25) is 19.7 Å². The molecule has 0 radical (unpaired) electrons. The normalized spacial score (nSPS) is 13.7. The Balaban J connectivity index is 1.81. The number of halogens is 1. The van der Waals surface area contributed by atoms with Gasteiger partial charge < -0.3 is 9.80 Å². The lowest BCUT2D eigenvalue weighted by Gasteiger charge is -2.37. The number of nitrogens with zero attached hydrogens (tertiary/aromatic N) is 3. The van der Waals surface area contributed by atoms with Crippen LogP contribution in [0.5, 0.6) is 0 Å². The molecule has 1 aliphatic heterocycles. The molecule has 0 unspecified atom stereocenters. The number of hydrogen-bond donors (Lipinski definition) is 2. The van der Waals surface area contributed by atoms with Crippen LogP contribution in [0.15, 0.2) is 48.5 Å². The summed E-state index contributed by atoms with van der Waals surface area (Å²) < 4.78 is 13.8. The first-order valence-corrected chi connectivity index (χ1v) is 9.50. The molecule has 0 spiro atoms. The van der Waals surface area contributed by atoms with E-state index >= 15 is 0 Å².